The van der Waals surface area contributed by atoms with Gasteiger partial charge in [-0.15, -0.1) is 0 Å². The van der Waals surface area contributed by atoms with Crippen molar-refractivity contribution >= 4 is 11.5 Å². The van der Waals surface area contributed by atoms with Gasteiger partial charge in [-0.2, -0.15) is 4.98 Å². The number of benzene rings is 1. The Kier molecular flexibility index (Phi) is 4.94. The predicted molar refractivity (Wildman–Crippen MR) is 82.1 cm³/mol. The van der Waals surface area contributed by atoms with Crippen molar-refractivity contribution in [2.45, 2.75) is 20.4 Å². The van der Waals surface area contributed by atoms with E-state index in [0.29, 0.717) is 30.7 Å². The summed E-state index contributed by atoms with van der Waals surface area (Å²) in [6.07, 6.45) is 0. The molecule has 0 saturated carbocycles. The van der Waals surface area contributed by atoms with Gasteiger partial charge in [-0.25, -0.2) is 4.98 Å². The average Bonchev–Trinajstić information content (AvgIpc) is 2.48. The Balaban J connectivity index is 2.25. The molecule has 3 N–H and O–H groups in total. The van der Waals surface area contributed by atoms with Crippen LogP contribution in [0.2, 0.25) is 0 Å². The van der Waals surface area contributed by atoms with Crippen LogP contribution in [0.25, 0.3) is 0 Å². The molecule has 0 aliphatic heterocycles. The number of nitrogens with one attached hydrogen (secondary N) is 1. The number of hydrogen-bond donors (Lipinski definition) is 2. The highest BCUT2D eigenvalue weighted by Gasteiger charge is 2.06. The first kappa shape index (κ1) is 15.1. The first-order valence-corrected chi connectivity index (χ1v) is 6.78. The third-order valence-electron chi connectivity index (χ3n) is 2.88. The molecule has 1 aromatic carbocycles. The van der Waals surface area contributed by atoms with Crippen molar-refractivity contribution in [3.63, 3.8) is 0 Å². The van der Waals surface area contributed by atoms with Gasteiger partial charge >= 0.3 is 0 Å². The highest BCUT2D eigenvalue weighted by Crippen LogP contribution is 2.25. The summed E-state index contributed by atoms with van der Waals surface area (Å²) in [4.78, 5) is 8.48. The molecule has 0 bridgehead atoms. The molecule has 21 heavy (non-hydrogen) atoms. The molecule has 0 spiro atoms. The summed E-state index contributed by atoms with van der Waals surface area (Å²) in [6, 6.07) is 7.52. The SMILES string of the molecule is CCOc1ccc(Nc2cc(OC)nc(C)n2)cc1CN. The van der Waals surface area contributed by atoms with Gasteiger partial charge in [-0.1, -0.05) is 0 Å². The quantitative estimate of drug-likeness (QED) is 0.849. The Morgan fingerprint density at radius 1 is 1.24 bits per heavy atom. The van der Waals surface area contributed by atoms with E-state index in [2.05, 4.69) is 15.3 Å². The maximum Gasteiger partial charge on any atom is 0.218 e. The Labute approximate surface area is 124 Å². The fourth-order valence-corrected chi connectivity index (χ4v) is 1.97. The number of methoxy groups -OCH3 is 1. The molecule has 0 amide bonds. The fraction of sp³-hybridized carbons (Fsp3) is 0.333. The minimum Gasteiger partial charge on any atom is -0.494 e. The van der Waals surface area contributed by atoms with Crippen LogP contribution in [0.15, 0.2) is 24.3 Å². The lowest BCUT2D eigenvalue weighted by molar-refractivity contribution is 0.336. The van der Waals surface area contributed by atoms with Crippen molar-refractivity contribution in [3.8, 4) is 11.6 Å². The lowest BCUT2D eigenvalue weighted by Gasteiger charge is -2.12. The van der Waals surface area contributed by atoms with Crippen molar-refractivity contribution in [3.05, 3.63) is 35.7 Å². The average molecular weight is 288 g/mol. The second-order valence-electron chi connectivity index (χ2n) is 4.43. The maximum absolute atomic E-state index is 5.76. The van der Waals surface area contributed by atoms with E-state index < -0.39 is 0 Å². The zero-order valence-corrected chi connectivity index (χ0v) is 12.5. The highest BCUT2D eigenvalue weighted by molar-refractivity contribution is 5.60. The molecule has 0 radical (unpaired) electrons. The second kappa shape index (κ2) is 6.90. The van der Waals surface area contributed by atoms with Crippen molar-refractivity contribution < 1.29 is 9.47 Å². The number of aryl methyl sites for hydroxylation is 1. The number of rotatable bonds is 6. The molecule has 0 atom stereocenters. The van der Waals surface area contributed by atoms with Crippen LogP contribution in [0, 0.1) is 6.92 Å². The Bertz CT molecular complexity index is 617. The van der Waals surface area contributed by atoms with E-state index in [1.807, 2.05) is 32.0 Å². The van der Waals surface area contributed by atoms with Gasteiger partial charge in [0.25, 0.3) is 0 Å². The number of anilines is 2. The number of ether oxygens (including phenoxy) is 2. The topological polar surface area (TPSA) is 82.3 Å². The molecule has 112 valence electrons. The molecule has 6 heteroatoms. The summed E-state index contributed by atoms with van der Waals surface area (Å²) >= 11 is 0. The first-order chi connectivity index (χ1) is 10.2. The molecule has 1 heterocycles. The molecule has 0 aliphatic carbocycles. The first-order valence-electron chi connectivity index (χ1n) is 6.78. The molecule has 6 nitrogen and oxygen atoms in total. The van der Waals surface area contributed by atoms with E-state index in [1.165, 1.54) is 0 Å². The molecular formula is C15H20N4O2. The van der Waals surface area contributed by atoms with E-state index in [0.717, 1.165) is 17.0 Å². The summed E-state index contributed by atoms with van der Waals surface area (Å²) in [5.41, 5.74) is 7.59. The number of hydrogen-bond acceptors (Lipinski definition) is 6. The minimum atomic E-state index is 0.414. The lowest BCUT2D eigenvalue weighted by atomic mass is 10.1. The van der Waals surface area contributed by atoms with E-state index in [4.69, 9.17) is 15.2 Å². The van der Waals surface area contributed by atoms with E-state index >= 15 is 0 Å². The molecule has 0 unspecified atom stereocenters. The van der Waals surface area contributed by atoms with Gasteiger partial charge in [-0.3, -0.25) is 0 Å². The van der Waals surface area contributed by atoms with Crippen molar-refractivity contribution in [2.75, 3.05) is 19.0 Å². The largest absolute Gasteiger partial charge is 0.494 e. The van der Waals surface area contributed by atoms with Gasteiger partial charge in [0.15, 0.2) is 0 Å². The molecule has 0 aliphatic rings. The molecular weight excluding hydrogens is 268 g/mol. The van der Waals surface area contributed by atoms with Crippen LogP contribution < -0.4 is 20.5 Å². The highest BCUT2D eigenvalue weighted by atomic mass is 16.5. The molecule has 0 fully saturated rings. The van der Waals surface area contributed by atoms with Gasteiger partial charge < -0.3 is 20.5 Å². The lowest BCUT2D eigenvalue weighted by Crippen LogP contribution is -2.04. The Morgan fingerprint density at radius 3 is 2.71 bits per heavy atom. The third kappa shape index (κ3) is 3.82. The summed E-state index contributed by atoms with van der Waals surface area (Å²) in [5.74, 6) is 2.64. The Morgan fingerprint density at radius 2 is 2.05 bits per heavy atom. The van der Waals surface area contributed by atoms with E-state index in [1.54, 1.807) is 13.2 Å². The summed E-state index contributed by atoms with van der Waals surface area (Å²) < 4.78 is 10.7. The van der Waals surface area contributed by atoms with Gasteiger partial charge in [0.1, 0.15) is 17.4 Å². The van der Waals surface area contributed by atoms with E-state index in [-0.39, 0.29) is 0 Å². The number of nitrogens with zero attached hydrogens (tertiary/aromatic N) is 2. The van der Waals surface area contributed by atoms with Crippen LogP contribution in [0.5, 0.6) is 11.6 Å². The summed E-state index contributed by atoms with van der Waals surface area (Å²) in [6.45, 7) is 4.79. The van der Waals surface area contributed by atoms with Crippen LogP contribution in [-0.2, 0) is 6.54 Å². The van der Waals surface area contributed by atoms with Crippen LogP contribution in [0.4, 0.5) is 11.5 Å². The summed E-state index contributed by atoms with van der Waals surface area (Å²) in [5, 5.41) is 3.22. The number of aromatic nitrogens is 2. The van der Waals surface area contributed by atoms with Crippen LogP contribution in [0.3, 0.4) is 0 Å². The molecule has 1 aromatic heterocycles. The monoisotopic (exact) mass is 288 g/mol. The van der Waals surface area contributed by atoms with Gasteiger partial charge in [0.05, 0.1) is 13.7 Å². The predicted octanol–water partition coefficient (Wildman–Crippen LogP) is 2.39. The van der Waals surface area contributed by atoms with Crippen molar-refractivity contribution in [1.82, 2.24) is 9.97 Å². The van der Waals surface area contributed by atoms with Crippen molar-refractivity contribution in [2.24, 2.45) is 5.73 Å². The normalized spacial score (nSPS) is 10.3. The molecule has 2 rings (SSSR count). The Hall–Kier alpha value is -2.34. The van der Waals surface area contributed by atoms with Gasteiger partial charge in [0.2, 0.25) is 5.88 Å². The third-order valence-corrected chi connectivity index (χ3v) is 2.88. The fourth-order valence-electron chi connectivity index (χ4n) is 1.97. The smallest absolute Gasteiger partial charge is 0.218 e. The zero-order valence-electron chi connectivity index (χ0n) is 12.5. The van der Waals surface area contributed by atoms with Crippen LogP contribution >= 0.6 is 0 Å². The summed E-state index contributed by atoms with van der Waals surface area (Å²) in [7, 11) is 1.58. The second-order valence-corrected chi connectivity index (χ2v) is 4.43. The van der Waals surface area contributed by atoms with Gasteiger partial charge in [-0.05, 0) is 32.0 Å². The zero-order chi connectivity index (χ0) is 15.2. The number of nitrogens with two attached hydrogens (primary N) is 1. The molecule has 2 aromatic rings. The van der Waals surface area contributed by atoms with Gasteiger partial charge in [0, 0.05) is 23.9 Å². The standard InChI is InChI=1S/C15H20N4O2/c1-4-21-13-6-5-12(7-11(13)9-16)19-14-8-15(20-3)18-10(2)17-14/h5-8H,4,9,16H2,1-3H3,(H,17,18,19). The minimum absolute atomic E-state index is 0.414. The van der Waals surface area contributed by atoms with E-state index in [9.17, 15) is 0 Å². The van der Waals surface area contributed by atoms with Crippen molar-refractivity contribution in [1.29, 1.82) is 0 Å². The molecule has 0 saturated heterocycles. The van der Waals surface area contributed by atoms with Crippen LogP contribution in [-0.4, -0.2) is 23.7 Å². The van der Waals surface area contributed by atoms with Crippen LogP contribution in [0.1, 0.15) is 18.3 Å². The maximum atomic E-state index is 5.76.